The van der Waals surface area contributed by atoms with Crippen LogP contribution in [0.4, 0.5) is 0 Å². The van der Waals surface area contributed by atoms with Gasteiger partial charge in [0.1, 0.15) is 0 Å². The van der Waals surface area contributed by atoms with Crippen molar-refractivity contribution >= 4 is 0 Å². The van der Waals surface area contributed by atoms with E-state index in [9.17, 15) is 10.2 Å². The van der Waals surface area contributed by atoms with Crippen molar-refractivity contribution in [3.05, 3.63) is 12.2 Å². The summed E-state index contributed by atoms with van der Waals surface area (Å²) >= 11 is 0. The van der Waals surface area contributed by atoms with Gasteiger partial charge in [0.2, 0.25) is 0 Å². The largest absolute Gasteiger partial charge is 0.389 e. The standard InChI is InChI=1S/C20H40O2/c1-14(2)19(21,15(3)4)12-10-18(9)11-13-20(22,16(5)6)17(7)8/h14-17,21-22H,9-13H2,1-8H3. The van der Waals surface area contributed by atoms with Crippen LogP contribution in [0.15, 0.2) is 12.2 Å². The van der Waals surface area contributed by atoms with E-state index >= 15 is 0 Å². The average molecular weight is 313 g/mol. The Balaban J connectivity index is 4.59. The van der Waals surface area contributed by atoms with E-state index in [1.165, 1.54) is 0 Å². The summed E-state index contributed by atoms with van der Waals surface area (Å²) in [6, 6.07) is 0. The van der Waals surface area contributed by atoms with Crippen LogP contribution < -0.4 is 0 Å². The van der Waals surface area contributed by atoms with Crippen LogP contribution in [0.2, 0.25) is 0 Å². The Kier molecular flexibility index (Phi) is 8.36. The number of hydrogen-bond donors (Lipinski definition) is 2. The maximum atomic E-state index is 10.8. The van der Waals surface area contributed by atoms with Gasteiger partial charge in [0.05, 0.1) is 11.2 Å². The molecule has 0 aromatic heterocycles. The van der Waals surface area contributed by atoms with Gasteiger partial charge in [-0.15, -0.1) is 0 Å². The zero-order chi connectivity index (χ0) is 17.7. The lowest BCUT2D eigenvalue weighted by atomic mass is 9.74. The Morgan fingerprint density at radius 2 is 0.909 bits per heavy atom. The third kappa shape index (κ3) is 5.38. The molecule has 0 saturated heterocycles. The van der Waals surface area contributed by atoms with Gasteiger partial charge < -0.3 is 10.2 Å². The molecule has 0 aliphatic carbocycles. The lowest BCUT2D eigenvalue weighted by Gasteiger charge is -2.38. The summed E-state index contributed by atoms with van der Waals surface area (Å²) in [5, 5.41) is 21.7. The molecular formula is C20H40O2. The van der Waals surface area contributed by atoms with Crippen molar-refractivity contribution in [2.45, 2.75) is 92.3 Å². The lowest BCUT2D eigenvalue weighted by Crippen LogP contribution is -2.41. The molecule has 0 atom stereocenters. The second-order valence-electron chi connectivity index (χ2n) is 8.35. The summed E-state index contributed by atoms with van der Waals surface area (Å²) in [6.07, 6.45) is 3.17. The molecule has 0 amide bonds. The van der Waals surface area contributed by atoms with Gasteiger partial charge in [-0.3, -0.25) is 0 Å². The fourth-order valence-corrected chi connectivity index (χ4v) is 3.37. The summed E-state index contributed by atoms with van der Waals surface area (Å²) in [5.41, 5.74) is -0.121. The van der Waals surface area contributed by atoms with Crippen LogP contribution in [-0.4, -0.2) is 21.4 Å². The van der Waals surface area contributed by atoms with E-state index in [4.69, 9.17) is 0 Å². The van der Waals surface area contributed by atoms with Gasteiger partial charge in [0.15, 0.2) is 0 Å². The maximum Gasteiger partial charge on any atom is 0.0696 e. The summed E-state index contributed by atoms with van der Waals surface area (Å²) in [4.78, 5) is 0. The Morgan fingerprint density at radius 3 is 1.09 bits per heavy atom. The molecule has 0 spiro atoms. The van der Waals surface area contributed by atoms with Gasteiger partial charge in [-0.1, -0.05) is 67.5 Å². The Hall–Kier alpha value is -0.340. The molecule has 0 bridgehead atoms. The predicted octanol–water partition coefficient (Wildman–Crippen LogP) is 5.19. The average Bonchev–Trinajstić information content (AvgIpc) is 2.40. The molecule has 0 aromatic carbocycles. The fraction of sp³-hybridized carbons (Fsp3) is 0.900. The summed E-state index contributed by atoms with van der Waals surface area (Å²) in [6.45, 7) is 20.8. The van der Waals surface area contributed by atoms with Crippen molar-refractivity contribution in [2.75, 3.05) is 0 Å². The fourth-order valence-electron chi connectivity index (χ4n) is 3.37. The van der Waals surface area contributed by atoms with Gasteiger partial charge in [-0.05, 0) is 49.4 Å². The molecule has 2 nitrogen and oxygen atoms in total. The molecule has 0 fully saturated rings. The van der Waals surface area contributed by atoms with Crippen LogP contribution in [0.3, 0.4) is 0 Å². The first-order chi connectivity index (χ1) is 9.87. The number of aliphatic hydroxyl groups is 2. The van der Waals surface area contributed by atoms with E-state index in [1.54, 1.807) is 0 Å². The molecule has 0 rings (SSSR count). The summed E-state index contributed by atoms with van der Waals surface area (Å²) in [5.74, 6) is 0.958. The van der Waals surface area contributed by atoms with Gasteiger partial charge in [-0.2, -0.15) is 0 Å². The van der Waals surface area contributed by atoms with E-state index < -0.39 is 11.2 Å². The topological polar surface area (TPSA) is 40.5 Å². The number of hydrogen-bond acceptors (Lipinski definition) is 2. The molecular weight excluding hydrogens is 272 g/mol. The first kappa shape index (κ1) is 21.7. The Bertz CT molecular complexity index is 292. The van der Waals surface area contributed by atoms with Crippen LogP contribution in [0.5, 0.6) is 0 Å². The van der Waals surface area contributed by atoms with Crippen LogP contribution in [-0.2, 0) is 0 Å². The molecule has 0 unspecified atom stereocenters. The predicted molar refractivity (Wildman–Crippen MR) is 96.9 cm³/mol. The SMILES string of the molecule is C=C(CCC(O)(C(C)C)C(C)C)CCC(O)(C(C)C)C(C)C. The second kappa shape index (κ2) is 8.49. The number of rotatable bonds is 10. The Labute approximate surface area is 139 Å². The minimum Gasteiger partial charge on any atom is -0.389 e. The molecule has 22 heavy (non-hydrogen) atoms. The van der Waals surface area contributed by atoms with Gasteiger partial charge >= 0.3 is 0 Å². The highest BCUT2D eigenvalue weighted by Gasteiger charge is 2.36. The zero-order valence-electron chi connectivity index (χ0n) is 16.2. The van der Waals surface area contributed by atoms with E-state index in [0.29, 0.717) is 0 Å². The van der Waals surface area contributed by atoms with Gasteiger partial charge in [0.25, 0.3) is 0 Å². The third-order valence-electron chi connectivity index (χ3n) is 5.76. The molecule has 0 saturated carbocycles. The molecule has 0 heterocycles. The van der Waals surface area contributed by atoms with Crippen molar-refractivity contribution in [1.82, 2.24) is 0 Å². The van der Waals surface area contributed by atoms with E-state index in [-0.39, 0.29) is 23.7 Å². The van der Waals surface area contributed by atoms with Crippen molar-refractivity contribution in [3.8, 4) is 0 Å². The number of allylic oxidation sites excluding steroid dienone is 1. The van der Waals surface area contributed by atoms with Crippen LogP contribution in [0.1, 0.15) is 81.1 Å². The molecule has 2 heteroatoms. The van der Waals surface area contributed by atoms with Gasteiger partial charge in [0, 0.05) is 0 Å². The van der Waals surface area contributed by atoms with Crippen LogP contribution in [0, 0.1) is 23.7 Å². The van der Waals surface area contributed by atoms with Crippen molar-refractivity contribution < 1.29 is 10.2 Å². The maximum absolute atomic E-state index is 10.8. The quantitative estimate of drug-likeness (QED) is 0.545. The van der Waals surface area contributed by atoms with E-state index in [1.807, 2.05) is 0 Å². The molecule has 0 aliphatic heterocycles. The smallest absolute Gasteiger partial charge is 0.0696 e. The molecule has 132 valence electrons. The highest BCUT2D eigenvalue weighted by molar-refractivity contribution is 5.00. The van der Waals surface area contributed by atoms with Crippen LogP contribution >= 0.6 is 0 Å². The van der Waals surface area contributed by atoms with E-state index in [2.05, 4.69) is 62.0 Å². The van der Waals surface area contributed by atoms with Crippen molar-refractivity contribution in [2.24, 2.45) is 23.7 Å². The first-order valence-electron chi connectivity index (χ1n) is 8.99. The molecule has 0 radical (unpaired) electrons. The molecule has 2 N–H and O–H groups in total. The highest BCUT2D eigenvalue weighted by Crippen LogP contribution is 2.35. The van der Waals surface area contributed by atoms with Gasteiger partial charge in [-0.25, -0.2) is 0 Å². The molecule has 0 aromatic rings. The zero-order valence-corrected chi connectivity index (χ0v) is 16.2. The lowest BCUT2D eigenvalue weighted by molar-refractivity contribution is -0.0570. The van der Waals surface area contributed by atoms with Crippen LogP contribution in [0.25, 0.3) is 0 Å². The first-order valence-corrected chi connectivity index (χ1v) is 8.99. The monoisotopic (exact) mass is 312 g/mol. The third-order valence-corrected chi connectivity index (χ3v) is 5.76. The summed E-state index contributed by atoms with van der Waals surface area (Å²) in [7, 11) is 0. The van der Waals surface area contributed by atoms with Crippen molar-refractivity contribution in [3.63, 3.8) is 0 Å². The summed E-state index contributed by atoms with van der Waals surface area (Å²) < 4.78 is 0. The van der Waals surface area contributed by atoms with E-state index in [0.717, 1.165) is 31.3 Å². The van der Waals surface area contributed by atoms with Crippen molar-refractivity contribution in [1.29, 1.82) is 0 Å². The minimum atomic E-state index is -0.630. The second-order valence-corrected chi connectivity index (χ2v) is 8.35. The highest BCUT2D eigenvalue weighted by atomic mass is 16.3. The Morgan fingerprint density at radius 1 is 0.682 bits per heavy atom. The molecule has 0 aliphatic rings. The minimum absolute atomic E-state index is 0.239. The normalized spacial score (nSPS) is 13.7.